The standard InChI is InChI=1S/C14H11N5OS.C14H13N3O2S.C7H6N4S.C6H8N2S/c20-13(10-5-2-1-3-6-10)15-11-7-4-8-12(9-11)19-14(21)16-17-18-19;1-17-11(15-16-14(17)20-2)7-10-12(18)8-5-3-4-6-9(8)13(10)19;12-7-8-9-10-11(7)6-4-2-1-3-5-6;1-4-3-5(2)8-6(9)7-4/h1-9H,(H,15,20)(H,16,18,21);3-6,10H,7H2,1-2H3;1-5H,(H,8,10,12);3H,1-2H3,(H,7,8,9). The number of Topliss-reactive ketones (excluding diaryl/α,β-unsaturated/α-hetero) is 2. The van der Waals surface area contributed by atoms with Crippen molar-refractivity contribution in [2.24, 2.45) is 13.0 Å². The number of nitrogens with zero attached hydrogens (tertiary/aromatic N) is 10. The van der Waals surface area contributed by atoms with Crippen LogP contribution in [0.3, 0.4) is 0 Å². The minimum Gasteiger partial charge on any atom is -0.335 e. The minimum atomic E-state index is -0.662. The molecule has 62 heavy (non-hydrogen) atoms. The molecule has 4 aromatic carbocycles. The van der Waals surface area contributed by atoms with Crippen LogP contribution in [0.2, 0.25) is 0 Å². The zero-order valence-electron chi connectivity index (χ0n) is 33.6. The predicted molar refractivity (Wildman–Crippen MR) is 241 cm³/mol. The molecular weight excluding hydrogens is 865 g/mol. The summed E-state index contributed by atoms with van der Waals surface area (Å²) < 4.78 is 6.33. The Balaban J connectivity index is 0.000000145. The van der Waals surface area contributed by atoms with Crippen molar-refractivity contribution in [3.63, 3.8) is 0 Å². The van der Waals surface area contributed by atoms with Crippen LogP contribution < -0.4 is 5.32 Å². The molecule has 8 aromatic rings. The van der Waals surface area contributed by atoms with Gasteiger partial charge in [0.2, 0.25) is 9.54 Å². The number of amides is 1. The third-order valence-electron chi connectivity index (χ3n) is 8.95. The molecule has 21 heteroatoms. The second-order valence-electron chi connectivity index (χ2n) is 13.2. The Labute approximate surface area is 374 Å². The molecule has 0 saturated heterocycles. The molecule has 1 aliphatic carbocycles. The molecular formula is C41H38N14O3S4. The van der Waals surface area contributed by atoms with Gasteiger partial charge in [0.05, 0.1) is 17.3 Å². The normalized spacial score (nSPS) is 11.6. The van der Waals surface area contributed by atoms with Gasteiger partial charge in [-0.1, -0.05) is 99.1 Å². The number of hydrogen-bond donors (Lipinski definition) is 4. The zero-order valence-corrected chi connectivity index (χ0v) is 36.8. The molecule has 0 spiro atoms. The van der Waals surface area contributed by atoms with Crippen molar-refractivity contribution in [2.75, 3.05) is 11.6 Å². The lowest BCUT2D eigenvalue weighted by Gasteiger charge is -2.07. The molecule has 17 nitrogen and oxygen atoms in total. The fraction of sp³-hybridized carbons (Fsp3) is 0.146. The highest BCUT2D eigenvalue weighted by Gasteiger charge is 2.39. The average molecular weight is 903 g/mol. The molecule has 1 amide bonds. The maximum atomic E-state index is 12.3. The number of aromatic nitrogens is 13. The van der Waals surface area contributed by atoms with Crippen molar-refractivity contribution in [2.45, 2.75) is 25.4 Å². The van der Waals surface area contributed by atoms with Crippen LogP contribution in [0.15, 0.2) is 120 Å². The predicted octanol–water partition coefficient (Wildman–Crippen LogP) is 7.43. The molecule has 1 aliphatic rings. The maximum absolute atomic E-state index is 12.3. The summed E-state index contributed by atoms with van der Waals surface area (Å²) >= 11 is 16.3. The van der Waals surface area contributed by atoms with Crippen molar-refractivity contribution in [3.05, 3.63) is 163 Å². The highest BCUT2D eigenvalue weighted by Crippen LogP contribution is 2.29. The first-order valence-electron chi connectivity index (χ1n) is 18.6. The number of ketones is 2. The van der Waals surface area contributed by atoms with Gasteiger partial charge >= 0.3 is 0 Å². The minimum absolute atomic E-state index is 0.112. The Morgan fingerprint density at radius 2 is 1.29 bits per heavy atom. The third-order valence-corrected chi connectivity index (χ3v) is 10.4. The summed E-state index contributed by atoms with van der Waals surface area (Å²) in [6, 6.07) is 34.9. The molecule has 0 aliphatic heterocycles. The van der Waals surface area contributed by atoms with E-state index in [0.717, 1.165) is 27.9 Å². The monoisotopic (exact) mass is 902 g/mol. The van der Waals surface area contributed by atoms with Gasteiger partial charge in [-0.05, 0) is 105 Å². The second kappa shape index (κ2) is 21.0. The second-order valence-corrected chi connectivity index (χ2v) is 15.1. The largest absolute Gasteiger partial charge is 0.335 e. The van der Waals surface area contributed by atoms with Gasteiger partial charge < -0.3 is 14.9 Å². The molecule has 4 aromatic heterocycles. The van der Waals surface area contributed by atoms with Crippen molar-refractivity contribution in [1.82, 2.24) is 65.1 Å². The van der Waals surface area contributed by atoms with Gasteiger partial charge in [-0.25, -0.2) is 14.3 Å². The number of para-hydroxylation sites is 1. The number of benzene rings is 4. The number of carbonyl (C=O) groups is 3. The number of fused-ring (bicyclic) bond motifs is 1. The lowest BCUT2D eigenvalue weighted by molar-refractivity contribution is 0.0835. The first-order chi connectivity index (χ1) is 29.9. The van der Waals surface area contributed by atoms with Crippen molar-refractivity contribution in [1.29, 1.82) is 0 Å². The van der Waals surface area contributed by atoms with Crippen LogP contribution in [-0.4, -0.2) is 88.9 Å². The summed E-state index contributed by atoms with van der Waals surface area (Å²) in [7, 11) is 1.85. The van der Waals surface area contributed by atoms with E-state index in [4.69, 9.17) is 36.7 Å². The zero-order chi connectivity index (χ0) is 44.2. The number of rotatable bonds is 7. The summed E-state index contributed by atoms with van der Waals surface area (Å²) in [5.74, 6) is -0.392. The van der Waals surface area contributed by atoms with Gasteiger partial charge in [0.15, 0.2) is 21.5 Å². The third kappa shape index (κ3) is 11.3. The number of H-pyrrole nitrogens is 3. The first-order valence-corrected chi connectivity index (χ1v) is 21.0. The number of anilines is 1. The smallest absolute Gasteiger partial charge is 0.255 e. The lowest BCUT2D eigenvalue weighted by atomic mass is 9.99. The van der Waals surface area contributed by atoms with Gasteiger partial charge in [-0.3, -0.25) is 14.4 Å². The number of carbonyl (C=O) groups excluding carboxylic acids is 3. The molecule has 0 fully saturated rings. The Kier molecular flexibility index (Phi) is 15.1. The summed E-state index contributed by atoms with van der Waals surface area (Å²) in [5, 5.41) is 31.7. The van der Waals surface area contributed by atoms with E-state index in [0.29, 0.717) is 48.9 Å². The molecule has 4 heterocycles. The van der Waals surface area contributed by atoms with Gasteiger partial charge in [-0.2, -0.15) is 10.4 Å². The van der Waals surface area contributed by atoms with Gasteiger partial charge in [0.25, 0.3) is 5.91 Å². The van der Waals surface area contributed by atoms with Gasteiger partial charge in [0, 0.05) is 47.2 Å². The Morgan fingerprint density at radius 1 is 0.726 bits per heavy atom. The van der Waals surface area contributed by atoms with Crippen LogP contribution >= 0.6 is 48.4 Å². The molecule has 0 bridgehead atoms. The topological polar surface area (TPSA) is 216 Å². The summed E-state index contributed by atoms with van der Waals surface area (Å²) in [6.45, 7) is 3.89. The number of thioether (sulfide) groups is 1. The van der Waals surface area contributed by atoms with Crippen LogP contribution in [0, 0.1) is 34.1 Å². The van der Waals surface area contributed by atoms with E-state index in [-0.39, 0.29) is 17.5 Å². The van der Waals surface area contributed by atoms with Crippen molar-refractivity contribution in [3.8, 4) is 11.4 Å². The number of hydrogen-bond acceptors (Lipinski definition) is 14. The number of aromatic amines is 3. The molecule has 0 saturated carbocycles. The molecule has 0 atom stereocenters. The van der Waals surface area contributed by atoms with E-state index >= 15 is 0 Å². The van der Waals surface area contributed by atoms with Crippen LogP contribution in [0.5, 0.6) is 0 Å². The SMILES string of the molecule is CSc1nnc(CC2C(=O)c3ccccc3C2=O)n1C.Cc1cc(C)[nH]c(=S)n1.O=C(Nc1cccc(-n2[nH]nnc2=S)c1)c1ccccc1.S=c1nn[nH]n1-c1ccccc1. The average Bonchev–Trinajstić information content (AvgIpc) is 4.06. The van der Waals surface area contributed by atoms with Gasteiger partial charge in [-0.15, -0.1) is 10.2 Å². The summed E-state index contributed by atoms with van der Waals surface area (Å²) in [5.41, 5.74) is 6.03. The van der Waals surface area contributed by atoms with E-state index in [9.17, 15) is 14.4 Å². The van der Waals surface area contributed by atoms with Crippen molar-refractivity contribution < 1.29 is 14.4 Å². The Bertz CT molecular complexity index is 2930. The van der Waals surface area contributed by atoms with E-state index < -0.39 is 5.92 Å². The van der Waals surface area contributed by atoms with E-state index in [1.165, 1.54) is 11.8 Å². The maximum Gasteiger partial charge on any atom is 0.255 e. The van der Waals surface area contributed by atoms with Crippen LogP contribution in [-0.2, 0) is 13.5 Å². The van der Waals surface area contributed by atoms with E-state index in [1.807, 2.05) is 98.4 Å². The molecule has 0 radical (unpaired) electrons. The van der Waals surface area contributed by atoms with Crippen LogP contribution in [0.1, 0.15) is 48.3 Å². The highest BCUT2D eigenvalue weighted by atomic mass is 32.2. The van der Waals surface area contributed by atoms with E-state index in [1.54, 1.807) is 57.9 Å². The van der Waals surface area contributed by atoms with Crippen molar-refractivity contribution >= 4 is 71.6 Å². The van der Waals surface area contributed by atoms with E-state index in [2.05, 4.69) is 56.5 Å². The lowest BCUT2D eigenvalue weighted by Crippen LogP contribution is -2.20. The Morgan fingerprint density at radius 3 is 1.82 bits per heavy atom. The summed E-state index contributed by atoms with van der Waals surface area (Å²) in [4.78, 5) is 43.6. The molecule has 4 N–H and O–H groups in total. The quantitative estimate of drug-likeness (QED) is 0.0695. The highest BCUT2D eigenvalue weighted by molar-refractivity contribution is 7.98. The first kappa shape index (κ1) is 44.6. The number of nitrogens with one attached hydrogen (secondary N) is 4. The number of tetrazole rings is 2. The van der Waals surface area contributed by atoms with Crippen LogP contribution in [0.25, 0.3) is 11.4 Å². The van der Waals surface area contributed by atoms with Crippen LogP contribution in [0.4, 0.5) is 5.69 Å². The summed E-state index contributed by atoms with van der Waals surface area (Å²) in [6.07, 6.45) is 2.21. The molecule has 0 unspecified atom stereocenters. The molecule has 314 valence electrons. The molecule has 9 rings (SSSR count). The van der Waals surface area contributed by atoms with Gasteiger partial charge in [0.1, 0.15) is 5.82 Å². The number of aryl methyl sites for hydroxylation is 2. The fourth-order valence-corrected chi connectivity index (χ4v) is 7.22. The Hall–Kier alpha value is -6.94. The fourth-order valence-electron chi connectivity index (χ4n) is 6.04.